The van der Waals surface area contributed by atoms with E-state index in [0.29, 0.717) is 36.2 Å². The van der Waals surface area contributed by atoms with E-state index in [0.717, 1.165) is 64.9 Å². The Morgan fingerprint density at radius 1 is 0.408 bits per heavy atom. The molecule has 4 atom stereocenters. The Morgan fingerprint density at radius 2 is 0.648 bits per heavy atom. The van der Waals surface area contributed by atoms with Gasteiger partial charge in [0, 0.05) is 16.2 Å². The Bertz CT molecular complexity index is 2490. The van der Waals surface area contributed by atoms with Gasteiger partial charge in [-0.1, -0.05) is 90.1 Å². The summed E-state index contributed by atoms with van der Waals surface area (Å²) >= 11 is 14.9. The maximum Gasteiger partial charge on any atom is 0.147 e. The molecule has 0 spiro atoms. The molecule has 8 rings (SSSR count). The second-order valence-electron chi connectivity index (χ2n) is 19.6. The van der Waals surface area contributed by atoms with Crippen LogP contribution in [-0.4, -0.2) is 87.5 Å². The van der Waals surface area contributed by atoms with Crippen molar-refractivity contribution in [2.45, 2.75) is 82.2 Å². The highest BCUT2D eigenvalue weighted by Crippen LogP contribution is 2.44. The van der Waals surface area contributed by atoms with E-state index in [1.165, 1.54) is 11.1 Å². The van der Waals surface area contributed by atoms with Gasteiger partial charge in [-0.15, -0.1) is 0 Å². The highest BCUT2D eigenvalue weighted by Gasteiger charge is 2.30. The maximum atomic E-state index is 10.9. The van der Waals surface area contributed by atoms with Crippen molar-refractivity contribution in [3.8, 4) is 34.5 Å². The summed E-state index contributed by atoms with van der Waals surface area (Å²) in [6, 6.07) is 40.5. The molecule has 2 aliphatic rings. The van der Waals surface area contributed by atoms with Crippen LogP contribution in [-0.2, 0) is 25.7 Å². The van der Waals surface area contributed by atoms with Gasteiger partial charge in [0.1, 0.15) is 98.6 Å². The van der Waals surface area contributed by atoms with Crippen molar-refractivity contribution in [1.29, 1.82) is 0 Å². The third-order valence-corrected chi connectivity index (χ3v) is 15.5. The van der Waals surface area contributed by atoms with Gasteiger partial charge in [-0.3, -0.25) is 0 Å². The maximum absolute atomic E-state index is 10.9. The van der Waals surface area contributed by atoms with E-state index < -0.39 is 17.6 Å². The van der Waals surface area contributed by atoms with Crippen LogP contribution >= 0.6 is 63.7 Å². The van der Waals surface area contributed by atoms with Crippen LogP contribution < -0.4 is 28.4 Å². The molecule has 0 aliphatic carbocycles. The molecule has 2 heterocycles. The van der Waals surface area contributed by atoms with E-state index in [1.54, 1.807) is 0 Å². The minimum Gasteiger partial charge on any atom is -0.491 e. The van der Waals surface area contributed by atoms with Crippen molar-refractivity contribution in [2.24, 2.45) is 0 Å². The lowest BCUT2D eigenvalue weighted by atomic mass is 9.78. The fourth-order valence-corrected chi connectivity index (χ4v) is 10.9. The third kappa shape index (κ3) is 13.7. The standard InChI is InChI=1S/C57H60Br4O10/c1-55(2,37-11-19-45(20-12-37)66-31-47-33-68-47)35-7-15-43(16-8-35)64-27-41(62)29-70-53-49(58)23-39(24-50(53)59)57(5,6)40-25-51(60)54(52(61)26-40)71-30-42(63)28-65-44-17-9-36(10-18-44)56(3,4)38-13-21-46(22-14-38)67-32-48-34-69-48/h7-26,41-42,47-48,62-63H,27-34H2,1-6H3. The molecule has 2 aliphatic heterocycles. The minimum atomic E-state index is -0.878. The molecule has 2 N–H and O–H groups in total. The van der Waals surface area contributed by atoms with Crippen molar-refractivity contribution < 1.29 is 48.1 Å². The fourth-order valence-electron chi connectivity index (χ4n) is 8.04. The number of benzene rings is 6. The molecule has 2 saturated heterocycles. The van der Waals surface area contributed by atoms with Crippen molar-refractivity contribution in [2.75, 3.05) is 52.9 Å². The zero-order valence-corrected chi connectivity index (χ0v) is 47.0. The quantitative estimate of drug-likeness (QED) is 0.0567. The summed E-state index contributed by atoms with van der Waals surface area (Å²) in [7, 11) is 0. The van der Waals surface area contributed by atoms with Crippen LogP contribution in [0.1, 0.15) is 74.9 Å². The number of halogens is 4. The van der Waals surface area contributed by atoms with Crippen LogP contribution in [0.3, 0.4) is 0 Å². The molecule has 0 amide bonds. The molecule has 0 bridgehead atoms. The molecule has 6 aromatic carbocycles. The number of aliphatic hydroxyl groups is 2. The Hall–Kier alpha value is -4.12. The van der Waals surface area contributed by atoms with Crippen LogP contribution in [0.2, 0.25) is 0 Å². The molecule has 376 valence electrons. The second kappa shape index (κ2) is 23.0. The summed E-state index contributed by atoms with van der Waals surface area (Å²) in [4.78, 5) is 0. The molecular formula is C57H60Br4O10. The third-order valence-electron chi connectivity index (χ3n) is 13.1. The number of ether oxygens (including phenoxy) is 8. The van der Waals surface area contributed by atoms with E-state index in [9.17, 15) is 10.2 Å². The monoisotopic (exact) mass is 1220 g/mol. The number of aliphatic hydroxyl groups excluding tert-OH is 2. The second-order valence-corrected chi connectivity index (χ2v) is 23.0. The molecule has 4 unspecified atom stereocenters. The van der Waals surface area contributed by atoms with Gasteiger partial charge in [-0.2, -0.15) is 0 Å². The predicted molar refractivity (Wildman–Crippen MR) is 290 cm³/mol. The van der Waals surface area contributed by atoms with Gasteiger partial charge in [-0.05, 0) is 170 Å². The molecule has 10 nitrogen and oxygen atoms in total. The van der Waals surface area contributed by atoms with E-state index in [1.807, 2.05) is 72.8 Å². The van der Waals surface area contributed by atoms with Crippen LogP contribution in [0.15, 0.2) is 139 Å². The highest BCUT2D eigenvalue weighted by atomic mass is 79.9. The molecule has 6 aromatic rings. The van der Waals surface area contributed by atoms with Crippen LogP contribution in [0.25, 0.3) is 0 Å². The van der Waals surface area contributed by atoms with Gasteiger partial charge in [0.2, 0.25) is 0 Å². The summed E-state index contributed by atoms with van der Waals surface area (Å²) < 4.78 is 49.2. The molecule has 2 fully saturated rings. The lowest BCUT2D eigenvalue weighted by molar-refractivity contribution is 0.0621. The molecular weight excluding hydrogens is 1160 g/mol. The molecule has 14 heteroatoms. The van der Waals surface area contributed by atoms with Crippen molar-refractivity contribution >= 4 is 63.7 Å². The van der Waals surface area contributed by atoms with E-state index in [2.05, 4.69) is 154 Å². The van der Waals surface area contributed by atoms with E-state index in [-0.39, 0.29) is 49.5 Å². The molecule has 0 saturated carbocycles. The van der Waals surface area contributed by atoms with E-state index >= 15 is 0 Å². The Balaban J connectivity index is 0.792. The zero-order valence-electron chi connectivity index (χ0n) is 40.7. The SMILES string of the molecule is CC(C)(c1ccc(OCC(O)COc2c(Br)cc(C(C)(C)c3cc(Br)c(OCC(O)COc4ccc(C(C)(C)c5ccc(OCC6CO6)cc5)cc4)c(Br)c3)cc2Br)cc1)c1ccc(OCC2CO2)cc1. The number of hydrogen-bond donors (Lipinski definition) is 2. The normalized spacial score (nSPS) is 16.5. The van der Waals surface area contributed by atoms with E-state index in [4.69, 9.17) is 37.9 Å². The van der Waals surface area contributed by atoms with Crippen LogP contribution in [0, 0.1) is 0 Å². The average Bonchev–Trinajstić information content (AvgIpc) is 4.31. The Morgan fingerprint density at radius 3 is 0.915 bits per heavy atom. The first-order valence-electron chi connectivity index (χ1n) is 23.6. The predicted octanol–water partition coefficient (Wildman–Crippen LogP) is 12.9. The van der Waals surface area contributed by atoms with Crippen molar-refractivity contribution in [3.05, 3.63) is 173 Å². The van der Waals surface area contributed by atoms with Gasteiger partial charge in [-0.25, -0.2) is 0 Å². The van der Waals surface area contributed by atoms with Crippen LogP contribution in [0.4, 0.5) is 0 Å². The highest BCUT2D eigenvalue weighted by molar-refractivity contribution is 9.11. The van der Waals surface area contributed by atoms with Gasteiger partial charge in [0.05, 0.1) is 31.1 Å². The molecule has 0 radical (unpaired) electrons. The van der Waals surface area contributed by atoms with Crippen molar-refractivity contribution in [3.63, 3.8) is 0 Å². The van der Waals surface area contributed by atoms with Gasteiger partial charge in [0.25, 0.3) is 0 Å². The topological polar surface area (TPSA) is 121 Å². The average molecular weight is 1220 g/mol. The van der Waals surface area contributed by atoms with Crippen LogP contribution in [0.5, 0.6) is 34.5 Å². The lowest BCUT2D eigenvalue weighted by Crippen LogP contribution is -2.25. The van der Waals surface area contributed by atoms with Crippen molar-refractivity contribution in [1.82, 2.24) is 0 Å². The van der Waals surface area contributed by atoms with Gasteiger partial charge in [0.15, 0.2) is 0 Å². The Labute approximate surface area is 450 Å². The molecule has 71 heavy (non-hydrogen) atoms. The lowest BCUT2D eigenvalue weighted by Gasteiger charge is -2.28. The smallest absolute Gasteiger partial charge is 0.147 e. The fraction of sp³-hybridized carbons (Fsp3) is 0.368. The first-order valence-corrected chi connectivity index (χ1v) is 26.8. The Kier molecular flexibility index (Phi) is 17.2. The first-order chi connectivity index (χ1) is 33.9. The first kappa shape index (κ1) is 53.2. The number of hydrogen-bond acceptors (Lipinski definition) is 10. The minimum absolute atomic E-state index is 0.0246. The zero-order chi connectivity index (χ0) is 50.5. The summed E-state index contributed by atoms with van der Waals surface area (Å²) in [5.41, 5.74) is 5.71. The summed E-state index contributed by atoms with van der Waals surface area (Å²) in [5, 5.41) is 21.8. The molecule has 0 aromatic heterocycles. The summed E-state index contributed by atoms with van der Waals surface area (Å²) in [6.07, 6.45) is -1.32. The van der Waals surface area contributed by atoms with Gasteiger partial charge < -0.3 is 48.1 Å². The number of rotatable bonds is 24. The largest absolute Gasteiger partial charge is 0.491 e. The van der Waals surface area contributed by atoms with Gasteiger partial charge >= 0.3 is 0 Å². The summed E-state index contributed by atoms with van der Waals surface area (Å²) in [5.74, 6) is 4.14. The number of epoxide rings is 2. The summed E-state index contributed by atoms with van der Waals surface area (Å²) in [6.45, 7) is 15.9.